The first-order chi connectivity index (χ1) is 5.24. The van der Waals surface area contributed by atoms with E-state index in [1.807, 2.05) is 6.07 Å². The van der Waals surface area contributed by atoms with Crippen LogP contribution in [-0.2, 0) is 0 Å². The first-order valence-electron chi connectivity index (χ1n) is 3.29. The minimum atomic E-state index is 0.523. The maximum absolute atomic E-state index is 8.46. The normalized spacial score (nSPS) is 8.73. The van der Waals surface area contributed by atoms with Crippen molar-refractivity contribution in [2.24, 2.45) is 0 Å². The fourth-order valence-electron chi connectivity index (χ4n) is 0.795. The third kappa shape index (κ3) is 1.65. The summed E-state index contributed by atoms with van der Waals surface area (Å²) in [5.41, 5.74) is 2.02. The van der Waals surface area contributed by atoms with Gasteiger partial charge in [0.15, 0.2) is 0 Å². The summed E-state index contributed by atoms with van der Waals surface area (Å²) in [6, 6.07) is 9.01. The van der Waals surface area contributed by atoms with E-state index < -0.39 is 0 Å². The van der Waals surface area contributed by atoms with E-state index in [-0.39, 0.29) is 0 Å². The highest BCUT2D eigenvalue weighted by Crippen LogP contribution is 2.03. The lowest BCUT2D eigenvalue weighted by Crippen LogP contribution is -1.90. The van der Waals surface area contributed by atoms with Crippen molar-refractivity contribution in [3.8, 4) is 6.07 Å². The number of benzene rings is 1. The SMILES string of the molecule is CC(=N)c1ccc(C#N)cc1. The Hall–Kier alpha value is -1.62. The highest BCUT2D eigenvalue weighted by Gasteiger charge is 1.93. The lowest BCUT2D eigenvalue weighted by Gasteiger charge is -1.95. The van der Waals surface area contributed by atoms with Crippen molar-refractivity contribution in [1.82, 2.24) is 0 Å². The molecule has 0 radical (unpaired) electrons. The van der Waals surface area contributed by atoms with E-state index in [1.165, 1.54) is 0 Å². The maximum atomic E-state index is 8.46. The molecule has 0 aliphatic carbocycles. The number of hydrogen-bond donors (Lipinski definition) is 1. The molecule has 0 fully saturated rings. The van der Waals surface area contributed by atoms with Gasteiger partial charge in [-0.15, -0.1) is 0 Å². The molecule has 0 aliphatic rings. The average molecular weight is 144 g/mol. The highest BCUT2D eigenvalue weighted by molar-refractivity contribution is 5.96. The van der Waals surface area contributed by atoms with E-state index in [4.69, 9.17) is 10.7 Å². The molecule has 0 amide bonds. The second-order valence-corrected chi connectivity index (χ2v) is 2.31. The van der Waals surface area contributed by atoms with Crippen molar-refractivity contribution < 1.29 is 0 Å². The second kappa shape index (κ2) is 2.98. The smallest absolute Gasteiger partial charge is 0.0991 e. The molecule has 0 spiro atoms. The van der Waals surface area contributed by atoms with Crippen molar-refractivity contribution in [3.63, 3.8) is 0 Å². The van der Waals surface area contributed by atoms with Crippen LogP contribution in [0.3, 0.4) is 0 Å². The molecule has 2 heteroatoms. The lowest BCUT2D eigenvalue weighted by atomic mass is 10.1. The summed E-state index contributed by atoms with van der Waals surface area (Å²) >= 11 is 0. The van der Waals surface area contributed by atoms with Crippen LogP contribution in [0.2, 0.25) is 0 Å². The van der Waals surface area contributed by atoms with Gasteiger partial charge in [0.05, 0.1) is 11.6 Å². The number of hydrogen-bond acceptors (Lipinski definition) is 2. The Morgan fingerprint density at radius 2 is 1.91 bits per heavy atom. The summed E-state index contributed by atoms with van der Waals surface area (Å²) in [4.78, 5) is 0. The summed E-state index contributed by atoms with van der Waals surface area (Å²) in [5.74, 6) is 0. The summed E-state index contributed by atoms with van der Waals surface area (Å²) in [6.07, 6.45) is 0. The van der Waals surface area contributed by atoms with Gasteiger partial charge < -0.3 is 5.41 Å². The zero-order valence-electron chi connectivity index (χ0n) is 6.26. The van der Waals surface area contributed by atoms with Crippen LogP contribution in [0, 0.1) is 16.7 Å². The Morgan fingerprint density at radius 1 is 1.36 bits per heavy atom. The van der Waals surface area contributed by atoms with Crippen molar-refractivity contribution in [2.75, 3.05) is 0 Å². The van der Waals surface area contributed by atoms with E-state index in [9.17, 15) is 0 Å². The molecule has 54 valence electrons. The molecule has 1 N–H and O–H groups in total. The zero-order chi connectivity index (χ0) is 8.27. The number of nitriles is 1. The molecule has 1 aromatic rings. The Kier molecular flexibility index (Phi) is 2.03. The third-order valence-corrected chi connectivity index (χ3v) is 1.45. The van der Waals surface area contributed by atoms with Gasteiger partial charge in [-0.3, -0.25) is 0 Å². The van der Waals surface area contributed by atoms with Gasteiger partial charge in [-0.2, -0.15) is 5.26 Å². The minimum Gasteiger partial charge on any atom is -0.305 e. The Balaban J connectivity index is 3.03. The first-order valence-corrected chi connectivity index (χ1v) is 3.29. The molecule has 0 saturated carbocycles. The Bertz CT molecular complexity index is 303. The van der Waals surface area contributed by atoms with Gasteiger partial charge in [-0.05, 0) is 24.6 Å². The van der Waals surface area contributed by atoms with Gasteiger partial charge in [0.2, 0.25) is 0 Å². The van der Waals surface area contributed by atoms with Crippen LogP contribution in [-0.4, -0.2) is 5.71 Å². The van der Waals surface area contributed by atoms with Gasteiger partial charge in [0.25, 0.3) is 0 Å². The largest absolute Gasteiger partial charge is 0.305 e. The topological polar surface area (TPSA) is 47.6 Å². The number of nitrogens with zero attached hydrogens (tertiary/aromatic N) is 1. The Labute approximate surface area is 65.6 Å². The van der Waals surface area contributed by atoms with Gasteiger partial charge >= 0.3 is 0 Å². The molecule has 11 heavy (non-hydrogen) atoms. The van der Waals surface area contributed by atoms with Gasteiger partial charge in [-0.25, -0.2) is 0 Å². The van der Waals surface area contributed by atoms with Crippen molar-refractivity contribution >= 4 is 5.71 Å². The van der Waals surface area contributed by atoms with E-state index in [1.54, 1.807) is 31.2 Å². The predicted molar refractivity (Wildman–Crippen MR) is 43.7 cm³/mol. The Morgan fingerprint density at radius 3 is 2.27 bits per heavy atom. The molecule has 0 saturated heterocycles. The number of rotatable bonds is 1. The number of nitrogens with one attached hydrogen (secondary N) is 1. The molecule has 0 heterocycles. The van der Waals surface area contributed by atoms with Crippen LogP contribution in [0.1, 0.15) is 18.1 Å². The monoisotopic (exact) mass is 144 g/mol. The summed E-state index contributed by atoms with van der Waals surface area (Å²) in [5, 5.41) is 15.7. The summed E-state index contributed by atoms with van der Waals surface area (Å²) in [7, 11) is 0. The van der Waals surface area contributed by atoms with Crippen LogP contribution in [0.4, 0.5) is 0 Å². The predicted octanol–water partition coefficient (Wildman–Crippen LogP) is 1.95. The summed E-state index contributed by atoms with van der Waals surface area (Å²) in [6.45, 7) is 1.72. The minimum absolute atomic E-state index is 0.523. The molecule has 0 bridgehead atoms. The van der Waals surface area contributed by atoms with Gasteiger partial charge in [0.1, 0.15) is 0 Å². The molecular weight excluding hydrogens is 136 g/mol. The fourth-order valence-corrected chi connectivity index (χ4v) is 0.795. The highest BCUT2D eigenvalue weighted by atomic mass is 14.4. The van der Waals surface area contributed by atoms with Crippen molar-refractivity contribution in [3.05, 3.63) is 35.4 Å². The third-order valence-electron chi connectivity index (χ3n) is 1.45. The van der Waals surface area contributed by atoms with Crippen LogP contribution in [0.15, 0.2) is 24.3 Å². The van der Waals surface area contributed by atoms with Gasteiger partial charge in [-0.1, -0.05) is 12.1 Å². The average Bonchev–Trinajstić information content (AvgIpc) is 2.05. The summed E-state index contributed by atoms with van der Waals surface area (Å²) < 4.78 is 0. The first kappa shape index (κ1) is 7.49. The standard InChI is InChI=1S/C9H8N2/c1-7(11)9-4-2-8(6-10)3-5-9/h2-5,11H,1H3. The van der Waals surface area contributed by atoms with E-state index in [0.29, 0.717) is 11.3 Å². The maximum Gasteiger partial charge on any atom is 0.0991 e. The van der Waals surface area contributed by atoms with Crippen molar-refractivity contribution in [2.45, 2.75) is 6.92 Å². The lowest BCUT2D eigenvalue weighted by molar-refractivity contribution is 1.44. The molecule has 1 aromatic carbocycles. The molecule has 0 atom stereocenters. The molecule has 0 aliphatic heterocycles. The van der Waals surface area contributed by atoms with Crippen LogP contribution < -0.4 is 0 Å². The molecule has 1 rings (SSSR count). The van der Waals surface area contributed by atoms with Crippen LogP contribution in [0.5, 0.6) is 0 Å². The van der Waals surface area contributed by atoms with Gasteiger partial charge in [0, 0.05) is 5.71 Å². The molecule has 2 nitrogen and oxygen atoms in total. The second-order valence-electron chi connectivity index (χ2n) is 2.31. The molecule has 0 unspecified atom stereocenters. The fraction of sp³-hybridized carbons (Fsp3) is 0.111. The molecule has 0 aromatic heterocycles. The quantitative estimate of drug-likeness (QED) is 0.601. The van der Waals surface area contributed by atoms with E-state index >= 15 is 0 Å². The van der Waals surface area contributed by atoms with Crippen LogP contribution >= 0.6 is 0 Å². The molecular formula is C9H8N2. The van der Waals surface area contributed by atoms with Crippen LogP contribution in [0.25, 0.3) is 0 Å². The van der Waals surface area contributed by atoms with Crippen molar-refractivity contribution in [1.29, 1.82) is 10.7 Å². The zero-order valence-corrected chi connectivity index (χ0v) is 6.26. The van der Waals surface area contributed by atoms with E-state index in [2.05, 4.69) is 0 Å². The van der Waals surface area contributed by atoms with E-state index in [0.717, 1.165) is 5.56 Å².